The number of hydrogen-bond donors (Lipinski definition) is 1. The van der Waals surface area contributed by atoms with Crippen LogP contribution in [0.1, 0.15) is 15.4 Å². The lowest BCUT2D eigenvalue weighted by molar-refractivity contribution is 0.0702. The summed E-state index contributed by atoms with van der Waals surface area (Å²) < 4.78 is 0. The lowest BCUT2D eigenvalue weighted by atomic mass is 10.4. The number of hydrogen-bond acceptors (Lipinski definition) is 1. The van der Waals surface area contributed by atoms with E-state index in [2.05, 4.69) is 0 Å². The summed E-state index contributed by atoms with van der Waals surface area (Å²) in [6, 6.07) is 3.58. The Balaban J connectivity index is 3.17. The zero-order valence-corrected chi connectivity index (χ0v) is 6.85. The zero-order chi connectivity index (χ0) is 7.72. The third kappa shape index (κ3) is 1.07. The summed E-state index contributed by atoms with van der Waals surface area (Å²) in [5, 5.41) is 10.4. The molecule has 1 aromatic rings. The Labute approximate surface area is 60.6 Å². The van der Waals surface area contributed by atoms with E-state index in [9.17, 15) is 4.79 Å². The number of carbonyl (C=O) groups is 1. The number of aromatic carboxylic acids is 1. The Morgan fingerprint density at radius 3 is 2.40 bits per heavy atom. The van der Waals surface area contributed by atoms with Crippen molar-refractivity contribution in [1.29, 1.82) is 0 Å². The summed E-state index contributed by atoms with van der Waals surface area (Å²) in [6.07, 6.45) is 0. The molecule has 0 aliphatic rings. The fourth-order valence-corrected chi connectivity index (χ4v) is 2.09. The minimum absolute atomic E-state index is 0.506. The largest absolute Gasteiger partial charge is 0.477 e. The summed E-state index contributed by atoms with van der Waals surface area (Å²) >= 11 is 0. The van der Waals surface area contributed by atoms with E-state index in [1.807, 2.05) is 19.7 Å². The first-order chi connectivity index (χ1) is 4.63. The van der Waals surface area contributed by atoms with Gasteiger partial charge in [0.2, 0.25) is 0 Å². The number of rotatable bonds is 1. The van der Waals surface area contributed by atoms with E-state index in [4.69, 9.17) is 5.11 Å². The molecule has 1 rings (SSSR count). The molecular formula is C7H9O2P. The molecule has 0 spiro atoms. The van der Waals surface area contributed by atoms with Crippen molar-refractivity contribution in [1.82, 2.24) is 0 Å². The molecule has 10 heavy (non-hydrogen) atoms. The van der Waals surface area contributed by atoms with E-state index in [1.165, 1.54) is 5.30 Å². The van der Waals surface area contributed by atoms with Crippen LogP contribution in [0.15, 0.2) is 12.1 Å². The summed E-state index contributed by atoms with van der Waals surface area (Å²) in [6.45, 7) is 3.94. The van der Waals surface area contributed by atoms with Crippen LogP contribution in [-0.4, -0.2) is 11.1 Å². The van der Waals surface area contributed by atoms with Crippen molar-refractivity contribution in [2.45, 2.75) is 6.92 Å². The monoisotopic (exact) mass is 156 g/mol. The van der Waals surface area contributed by atoms with E-state index < -0.39 is 13.5 Å². The maximum Gasteiger partial charge on any atom is 0.339 e. The van der Waals surface area contributed by atoms with Gasteiger partial charge in [-0.2, -0.15) is 0 Å². The van der Waals surface area contributed by atoms with Crippen molar-refractivity contribution in [2.24, 2.45) is 6.66 Å². The highest BCUT2D eigenvalue weighted by molar-refractivity contribution is 7.50. The molecule has 1 aromatic heterocycles. The van der Waals surface area contributed by atoms with Crippen molar-refractivity contribution < 1.29 is 9.90 Å². The number of carboxylic acids is 1. The molecule has 0 radical (unpaired) electrons. The number of aryl methyl sites for hydroxylation is 1. The van der Waals surface area contributed by atoms with Crippen LogP contribution in [0.5, 0.6) is 0 Å². The van der Waals surface area contributed by atoms with Gasteiger partial charge in [0.25, 0.3) is 0 Å². The van der Waals surface area contributed by atoms with Gasteiger partial charge in [-0.15, -0.1) is 7.53 Å². The molecule has 0 aliphatic heterocycles. The Morgan fingerprint density at radius 2 is 2.20 bits per heavy atom. The topological polar surface area (TPSA) is 37.3 Å². The fraction of sp³-hybridized carbons (Fsp3) is 0.286. The maximum absolute atomic E-state index is 10.5. The second-order valence-corrected chi connectivity index (χ2v) is 4.53. The molecule has 2 nitrogen and oxygen atoms in total. The molecule has 0 aliphatic carbocycles. The van der Waals surface area contributed by atoms with E-state index >= 15 is 0 Å². The highest BCUT2D eigenvalue weighted by Gasteiger charge is 2.07. The van der Waals surface area contributed by atoms with Crippen molar-refractivity contribution in [3.63, 3.8) is 0 Å². The SMILES string of the molecule is Cc1ccc(C(=O)O)p1C. The minimum Gasteiger partial charge on any atom is -0.477 e. The predicted molar refractivity (Wildman–Crippen MR) is 41.8 cm³/mol. The standard InChI is InChI=1S/C7H9O2P/c1-5-3-4-6(7(8)9)10(5)2/h3-4H,1-2H3,(H,8,9). The van der Waals surface area contributed by atoms with E-state index in [-0.39, 0.29) is 0 Å². The molecule has 0 amide bonds. The summed E-state index contributed by atoms with van der Waals surface area (Å²) in [7, 11) is -0.506. The van der Waals surface area contributed by atoms with Gasteiger partial charge in [-0.3, -0.25) is 0 Å². The number of carboxylic acid groups (broad SMARTS) is 1. The van der Waals surface area contributed by atoms with Gasteiger partial charge in [0.15, 0.2) is 0 Å². The highest BCUT2D eigenvalue weighted by Crippen LogP contribution is 2.34. The molecule has 0 saturated heterocycles. The molecule has 1 heterocycles. The first kappa shape index (κ1) is 7.36. The van der Waals surface area contributed by atoms with E-state index in [0.29, 0.717) is 5.30 Å². The summed E-state index contributed by atoms with van der Waals surface area (Å²) in [4.78, 5) is 10.5. The van der Waals surface area contributed by atoms with Crippen molar-refractivity contribution in [2.75, 3.05) is 0 Å². The Morgan fingerprint density at radius 1 is 1.60 bits per heavy atom. The van der Waals surface area contributed by atoms with Gasteiger partial charge in [0.05, 0.1) is 5.30 Å². The van der Waals surface area contributed by atoms with Crippen LogP contribution in [0.25, 0.3) is 0 Å². The van der Waals surface area contributed by atoms with Gasteiger partial charge in [-0.1, -0.05) is 6.07 Å². The van der Waals surface area contributed by atoms with Crippen LogP contribution in [-0.2, 0) is 6.66 Å². The Hall–Kier alpha value is -0.750. The zero-order valence-electron chi connectivity index (χ0n) is 5.96. The molecule has 1 atom stereocenters. The van der Waals surface area contributed by atoms with Gasteiger partial charge in [-0.05, 0) is 25.0 Å². The van der Waals surface area contributed by atoms with Crippen LogP contribution in [0.3, 0.4) is 0 Å². The smallest absolute Gasteiger partial charge is 0.339 e. The van der Waals surface area contributed by atoms with Crippen LogP contribution in [0.4, 0.5) is 0 Å². The Bertz CT molecular complexity index is 263. The molecule has 0 bridgehead atoms. The first-order valence-corrected chi connectivity index (χ1v) is 4.77. The first-order valence-electron chi connectivity index (χ1n) is 2.98. The molecule has 1 unspecified atom stereocenters. The van der Waals surface area contributed by atoms with Crippen LogP contribution in [0, 0.1) is 6.92 Å². The van der Waals surface area contributed by atoms with Gasteiger partial charge >= 0.3 is 5.97 Å². The molecule has 0 fully saturated rings. The van der Waals surface area contributed by atoms with Gasteiger partial charge in [0, 0.05) is 0 Å². The third-order valence-corrected chi connectivity index (χ3v) is 3.86. The Kier molecular flexibility index (Phi) is 1.82. The maximum atomic E-state index is 10.5. The van der Waals surface area contributed by atoms with Crippen LogP contribution in [0.2, 0.25) is 0 Å². The lowest BCUT2D eigenvalue weighted by Gasteiger charge is -1.92. The van der Waals surface area contributed by atoms with Gasteiger partial charge in [0.1, 0.15) is 0 Å². The second kappa shape index (κ2) is 2.47. The molecule has 0 saturated carbocycles. The average Bonchev–Trinajstić information content (AvgIpc) is 2.14. The quantitative estimate of drug-likeness (QED) is 0.676. The highest BCUT2D eigenvalue weighted by atomic mass is 31.1. The van der Waals surface area contributed by atoms with Crippen molar-refractivity contribution in [3.8, 4) is 0 Å². The fourth-order valence-electron chi connectivity index (χ4n) is 0.828. The normalized spacial score (nSPS) is 11.6. The summed E-state index contributed by atoms with van der Waals surface area (Å²) in [5.41, 5.74) is 0. The van der Waals surface area contributed by atoms with Crippen molar-refractivity contribution in [3.05, 3.63) is 22.7 Å². The van der Waals surface area contributed by atoms with Crippen molar-refractivity contribution >= 4 is 13.5 Å². The predicted octanol–water partition coefficient (Wildman–Crippen LogP) is 2.22. The van der Waals surface area contributed by atoms with Crippen LogP contribution < -0.4 is 0 Å². The molecule has 54 valence electrons. The van der Waals surface area contributed by atoms with Gasteiger partial charge in [-0.25, -0.2) is 4.79 Å². The van der Waals surface area contributed by atoms with Gasteiger partial charge < -0.3 is 5.11 Å². The molecule has 0 aromatic carbocycles. The average molecular weight is 156 g/mol. The van der Waals surface area contributed by atoms with E-state index in [0.717, 1.165) is 0 Å². The molecule has 3 heteroatoms. The lowest BCUT2D eigenvalue weighted by Crippen LogP contribution is -1.90. The second-order valence-electron chi connectivity index (χ2n) is 2.22. The molecule has 1 N–H and O–H groups in total. The van der Waals surface area contributed by atoms with E-state index in [1.54, 1.807) is 6.07 Å². The third-order valence-electron chi connectivity index (χ3n) is 1.59. The van der Waals surface area contributed by atoms with Crippen LogP contribution >= 0.6 is 7.53 Å². The minimum atomic E-state index is -0.776. The summed E-state index contributed by atoms with van der Waals surface area (Å²) in [5.74, 6) is -0.776. The molecular weight excluding hydrogens is 147 g/mol.